The van der Waals surface area contributed by atoms with E-state index in [1.54, 1.807) is 82.8 Å². The van der Waals surface area contributed by atoms with Crippen molar-refractivity contribution < 1.29 is 86.7 Å². The molecule has 0 saturated carbocycles. The van der Waals surface area contributed by atoms with Crippen molar-refractivity contribution in [2.45, 2.75) is 87.5 Å². The van der Waals surface area contributed by atoms with Crippen LogP contribution in [0.25, 0.3) is 88.5 Å². The van der Waals surface area contributed by atoms with Crippen LogP contribution in [0.4, 0.5) is 43.4 Å². The molecule has 0 saturated heterocycles. The Morgan fingerprint density at radius 2 is 0.839 bits per heavy atom. The summed E-state index contributed by atoms with van der Waals surface area (Å²) in [6, 6.07) is 51.5. The zero-order chi connectivity index (χ0) is 64.6. The molecular weight excluding hydrogens is 1720 g/mol. The molecule has 0 aliphatic heterocycles. The summed E-state index contributed by atoms with van der Waals surface area (Å²) in [5.41, 5.74) is 10.6. The molecule has 93 heavy (non-hydrogen) atoms. The molecule has 8 aromatic carbocycles. The van der Waals surface area contributed by atoms with Crippen molar-refractivity contribution in [3.63, 3.8) is 0 Å². The fourth-order valence-corrected chi connectivity index (χ4v) is 11.2. The Balaban J connectivity index is 0.000000219. The summed E-state index contributed by atoms with van der Waals surface area (Å²) in [5.74, 6) is 2.75. The van der Waals surface area contributed by atoms with Gasteiger partial charge in [-0.3, -0.25) is 4.98 Å². The Morgan fingerprint density at radius 3 is 1.24 bits per heavy atom. The maximum Gasteiger partial charge on any atom is 0.417 e. The smallest absolute Gasteiger partial charge is 0.340 e. The Bertz CT molecular complexity index is 4460. The average Bonchev–Trinajstić information content (AvgIpc) is 1.69. The molecule has 0 spiro atoms. The van der Waals surface area contributed by atoms with E-state index in [2.05, 4.69) is 90.4 Å². The first kappa shape index (κ1) is 73.3. The van der Waals surface area contributed by atoms with Crippen LogP contribution < -0.4 is 0 Å². The molecule has 20 heteroatoms. The molecule has 3 heterocycles. The second-order valence-corrected chi connectivity index (χ2v) is 22.3. The van der Waals surface area contributed by atoms with E-state index in [0.717, 1.165) is 64.3 Å². The van der Waals surface area contributed by atoms with Gasteiger partial charge in [-0.2, -0.15) is 36.5 Å². The first-order valence-corrected chi connectivity index (χ1v) is 28.7. The van der Waals surface area contributed by atoms with E-state index in [0.29, 0.717) is 62.9 Å². The van der Waals surface area contributed by atoms with Crippen LogP contribution in [0.15, 0.2) is 164 Å². The number of nitrogens with zero attached hydrogens (tertiary/aromatic N) is 11. The monoisotopic (exact) mass is 1780 g/mol. The van der Waals surface area contributed by atoms with E-state index in [-0.39, 0.29) is 83.1 Å². The number of rotatable bonds is 12. The zero-order valence-corrected chi connectivity index (χ0v) is 59.0. The first-order valence-electron chi connectivity index (χ1n) is 28.7. The molecule has 11 rings (SSSR count). The minimum atomic E-state index is -4.56. The van der Waals surface area contributed by atoms with Gasteiger partial charge in [0.25, 0.3) is 0 Å². The predicted molar refractivity (Wildman–Crippen MR) is 340 cm³/mol. The van der Waals surface area contributed by atoms with Crippen molar-refractivity contribution in [3.8, 4) is 74.0 Å². The van der Waals surface area contributed by atoms with Crippen LogP contribution in [-0.4, -0.2) is 39.1 Å². The van der Waals surface area contributed by atoms with Crippen molar-refractivity contribution >= 4 is 17.1 Å². The largest absolute Gasteiger partial charge is 0.417 e. The normalized spacial score (nSPS) is 10.9. The summed E-state index contributed by atoms with van der Waals surface area (Å²) in [6.07, 6.45) is -3.39. The molecular formula is C73H60F6Ir3N11-3. The van der Waals surface area contributed by atoms with Crippen molar-refractivity contribution in [1.29, 1.82) is 0 Å². The molecule has 0 unspecified atom stereocenters. The van der Waals surface area contributed by atoms with Crippen molar-refractivity contribution in [3.05, 3.63) is 267 Å². The molecule has 0 aliphatic rings. The third-order valence-corrected chi connectivity index (χ3v) is 14.7. The fourth-order valence-electron chi connectivity index (χ4n) is 11.2. The summed E-state index contributed by atoms with van der Waals surface area (Å²) < 4.78 is 88.2. The van der Waals surface area contributed by atoms with Gasteiger partial charge >= 0.3 is 12.4 Å². The fraction of sp³-hybridized carbons (Fsp3) is 0.205. The SMILES string of the molecule is [C-]#[N+]c1c(C)cc(C)c(-n2c(-c3[c-]cccc3)nnc2-c2ccccc2C(F)(F)F)c1C.[C-]#[N+]c1cc(C)c(-n2c(-c3[c-]cccc3)nnc2-c2ccccc2C(F)(F)F)c(C)c1.[C-]#[N+]c1cc(CC(C)C)c(-n2ccnc2-c2[c-]cccc2)c(CC(C)C)c1.[Ir].[Ir].[Ir]. The number of hydrogen-bond acceptors (Lipinski definition) is 5. The maximum atomic E-state index is 13.8. The summed E-state index contributed by atoms with van der Waals surface area (Å²) in [5, 5.41) is 16.9. The molecule has 0 fully saturated rings. The Kier molecular flexibility index (Phi) is 25.0. The Hall–Kier alpha value is -8.75. The molecule has 0 bridgehead atoms. The first-order chi connectivity index (χ1) is 43.0. The van der Waals surface area contributed by atoms with E-state index >= 15 is 0 Å². The van der Waals surface area contributed by atoms with Gasteiger partial charge < -0.3 is 13.7 Å². The topological polar surface area (TPSA) is 92.3 Å². The maximum absolute atomic E-state index is 13.8. The van der Waals surface area contributed by atoms with Gasteiger partial charge in [0.05, 0.1) is 48.3 Å². The van der Waals surface area contributed by atoms with E-state index < -0.39 is 23.5 Å². The molecule has 11 aromatic rings. The van der Waals surface area contributed by atoms with Crippen LogP contribution in [0, 0.1) is 84.4 Å². The second-order valence-electron chi connectivity index (χ2n) is 22.3. The number of alkyl halides is 6. The molecule has 0 N–H and O–H groups in total. The van der Waals surface area contributed by atoms with Gasteiger partial charge in [0.15, 0.2) is 28.7 Å². The molecule has 3 radical (unpaired) electrons. The number of halogens is 6. The van der Waals surface area contributed by atoms with Gasteiger partial charge in [-0.1, -0.05) is 94.4 Å². The molecule has 3 aromatic heterocycles. The van der Waals surface area contributed by atoms with Crippen LogP contribution in [0.5, 0.6) is 0 Å². The van der Waals surface area contributed by atoms with Crippen LogP contribution >= 0.6 is 0 Å². The van der Waals surface area contributed by atoms with E-state index in [1.807, 2.05) is 82.6 Å². The summed E-state index contributed by atoms with van der Waals surface area (Å²) in [6.45, 7) is 40.4. The number of aryl methyl sites for hydroxylation is 4. The molecule has 11 nitrogen and oxygen atoms in total. The molecule has 0 amide bonds. The van der Waals surface area contributed by atoms with Gasteiger partial charge in [0.2, 0.25) is 0 Å². The Morgan fingerprint density at radius 1 is 0.452 bits per heavy atom. The number of benzene rings is 8. The van der Waals surface area contributed by atoms with Gasteiger partial charge in [-0.05, 0) is 110 Å². The minimum Gasteiger partial charge on any atom is -0.340 e. The van der Waals surface area contributed by atoms with E-state index in [9.17, 15) is 26.3 Å². The third-order valence-electron chi connectivity index (χ3n) is 14.7. The molecule has 479 valence electrons. The van der Waals surface area contributed by atoms with E-state index in [1.165, 1.54) is 47.1 Å². The van der Waals surface area contributed by atoms with Crippen LogP contribution in [0.1, 0.15) is 77.8 Å². The third kappa shape index (κ3) is 16.4. The number of imidazole rings is 1. The average molecular weight is 1780 g/mol. The summed E-state index contributed by atoms with van der Waals surface area (Å²) >= 11 is 0. The summed E-state index contributed by atoms with van der Waals surface area (Å²) in [7, 11) is 0. The minimum absolute atomic E-state index is 0. The molecule has 0 atom stereocenters. The number of hydrogen-bond donors (Lipinski definition) is 0. The quantitative estimate of drug-likeness (QED) is 0.0898. The van der Waals surface area contributed by atoms with Crippen LogP contribution in [-0.2, 0) is 85.5 Å². The van der Waals surface area contributed by atoms with E-state index in [4.69, 9.17) is 19.7 Å². The van der Waals surface area contributed by atoms with Crippen molar-refractivity contribution in [2.75, 3.05) is 0 Å². The molecule has 0 aliphatic carbocycles. The zero-order valence-electron chi connectivity index (χ0n) is 51.8. The van der Waals surface area contributed by atoms with Gasteiger partial charge in [-0.25, -0.2) is 14.5 Å². The number of aromatic nitrogens is 8. The van der Waals surface area contributed by atoms with Crippen molar-refractivity contribution in [1.82, 2.24) is 39.1 Å². The Labute approximate surface area is 578 Å². The predicted octanol–water partition coefficient (Wildman–Crippen LogP) is 19.8. The van der Waals surface area contributed by atoms with Crippen LogP contribution in [0.3, 0.4) is 0 Å². The summed E-state index contributed by atoms with van der Waals surface area (Å²) in [4.78, 5) is 15.5. The standard InChI is InChI=1S/C25H18F3N4.C24H16F3N4.C24H26N3.3Ir/c1-15-14-16(2)22(17(3)21(15)29-4)32-23(18-10-6-5-7-11-18)30-31-24(32)19-12-8-9-13-20(19)25(26,27)28;1-15-13-18(28-3)14-16(2)21(15)31-22(17-9-5-4-6-10-17)29-30-23(31)19-11-7-8-12-20(19)24(25,26)27;1-17(2)13-20-15-22(25-5)16-21(14-18(3)4)23(20)27-12-11-26-24(27)19-9-7-6-8-10-19;;;/h5-10,12-14H,1-3H3;4-9,11-14H,1-2H3;6-9,11-12,15-18H,13-14H2,1-4H3;;;/q3*-1;;;. The van der Waals surface area contributed by atoms with Crippen LogP contribution in [0.2, 0.25) is 0 Å². The van der Waals surface area contributed by atoms with Crippen molar-refractivity contribution in [2.24, 2.45) is 11.8 Å². The van der Waals surface area contributed by atoms with Gasteiger partial charge in [0.1, 0.15) is 0 Å². The van der Waals surface area contributed by atoms with Gasteiger partial charge in [0, 0.05) is 101 Å². The van der Waals surface area contributed by atoms with Gasteiger partial charge in [-0.15, -0.1) is 118 Å². The second kappa shape index (κ2) is 31.7.